The summed E-state index contributed by atoms with van der Waals surface area (Å²) >= 11 is 0. The molecule has 0 saturated heterocycles. The van der Waals surface area contributed by atoms with Crippen LogP contribution in [0.2, 0.25) is 0 Å². The summed E-state index contributed by atoms with van der Waals surface area (Å²) in [5, 5.41) is 0. The van der Waals surface area contributed by atoms with Crippen LogP contribution < -0.4 is 0 Å². The Bertz CT molecular complexity index is 147. The molecule has 0 bridgehead atoms. The molecule has 0 aromatic heterocycles. The third-order valence-electron chi connectivity index (χ3n) is 1.91. The average molecular weight is 137 g/mol. The van der Waals surface area contributed by atoms with E-state index in [4.69, 9.17) is 0 Å². The van der Waals surface area contributed by atoms with Gasteiger partial charge in [0.15, 0.2) is 0 Å². The number of nitrogens with zero attached hydrogens (tertiary/aromatic N) is 1. The second-order valence-electron chi connectivity index (χ2n) is 2.85. The maximum absolute atomic E-state index is 3.71. The van der Waals surface area contributed by atoms with Crippen LogP contribution in [0.15, 0.2) is 24.3 Å². The first-order valence-electron chi connectivity index (χ1n) is 3.82. The summed E-state index contributed by atoms with van der Waals surface area (Å²) in [5.41, 5.74) is 1.53. The lowest BCUT2D eigenvalue weighted by Gasteiger charge is -2.23. The van der Waals surface area contributed by atoms with Gasteiger partial charge in [-0.05, 0) is 13.3 Å². The van der Waals surface area contributed by atoms with E-state index in [2.05, 4.69) is 24.5 Å². The highest BCUT2D eigenvalue weighted by Gasteiger charge is 2.05. The molecule has 0 aliphatic carbocycles. The molecule has 1 aliphatic heterocycles. The molecule has 1 rings (SSSR count). The Balaban J connectivity index is 2.34. The van der Waals surface area contributed by atoms with Crippen molar-refractivity contribution in [1.29, 1.82) is 0 Å². The zero-order valence-corrected chi connectivity index (χ0v) is 6.64. The van der Waals surface area contributed by atoms with E-state index in [1.165, 1.54) is 18.5 Å². The summed E-state index contributed by atoms with van der Waals surface area (Å²) in [7, 11) is 0. The van der Waals surface area contributed by atoms with Gasteiger partial charge in [-0.3, -0.25) is 4.90 Å². The normalized spacial score (nSPS) is 20.3. The smallest absolute Gasteiger partial charge is 0.0169 e. The Morgan fingerprint density at radius 1 is 1.80 bits per heavy atom. The first kappa shape index (κ1) is 7.55. The fourth-order valence-corrected chi connectivity index (χ4v) is 1.16. The van der Waals surface area contributed by atoms with Crippen molar-refractivity contribution in [3.05, 3.63) is 24.3 Å². The van der Waals surface area contributed by atoms with Crippen molar-refractivity contribution in [3.63, 3.8) is 0 Å². The molecule has 0 atom stereocenters. The first-order valence-corrected chi connectivity index (χ1v) is 3.82. The molecule has 0 amide bonds. The van der Waals surface area contributed by atoms with Crippen molar-refractivity contribution in [1.82, 2.24) is 4.90 Å². The van der Waals surface area contributed by atoms with E-state index >= 15 is 0 Å². The maximum Gasteiger partial charge on any atom is 0.0169 e. The Kier molecular flexibility index (Phi) is 2.69. The third kappa shape index (κ3) is 1.99. The SMILES string of the molecule is C=CCN1CC=C(C)CC1. The molecule has 0 aromatic rings. The van der Waals surface area contributed by atoms with Gasteiger partial charge in [0.2, 0.25) is 0 Å². The van der Waals surface area contributed by atoms with Crippen LogP contribution in [0, 0.1) is 0 Å². The number of hydrogen-bond acceptors (Lipinski definition) is 1. The van der Waals surface area contributed by atoms with Crippen molar-refractivity contribution in [2.45, 2.75) is 13.3 Å². The third-order valence-corrected chi connectivity index (χ3v) is 1.91. The monoisotopic (exact) mass is 137 g/mol. The van der Waals surface area contributed by atoms with Gasteiger partial charge in [0.1, 0.15) is 0 Å². The fourth-order valence-electron chi connectivity index (χ4n) is 1.16. The quantitative estimate of drug-likeness (QED) is 0.525. The molecule has 10 heavy (non-hydrogen) atoms. The molecule has 0 saturated carbocycles. The van der Waals surface area contributed by atoms with Crippen molar-refractivity contribution < 1.29 is 0 Å². The van der Waals surface area contributed by atoms with Crippen LogP contribution >= 0.6 is 0 Å². The predicted molar refractivity (Wildman–Crippen MR) is 45.0 cm³/mol. The van der Waals surface area contributed by atoms with Gasteiger partial charge >= 0.3 is 0 Å². The van der Waals surface area contributed by atoms with Crippen LogP contribution in [0.1, 0.15) is 13.3 Å². The Morgan fingerprint density at radius 3 is 3.10 bits per heavy atom. The fraction of sp³-hybridized carbons (Fsp3) is 0.556. The topological polar surface area (TPSA) is 3.24 Å². The molecule has 0 fully saturated rings. The molecule has 1 nitrogen and oxygen atoms in total. The molecule has 0 spiro atoms. The molecular weight excluding hydrogens is 122 g/mol. The van der Waals surface area contributed by atoms with E-state index in [1.54, 1.807) is 0 Å². The van der Waals surface area contributed by atoms with Gasteiger partial charge < -0.3 is 0 Å². The van der Waals surface area contributed by atoms with Gasteiger partial charge in [-0.1, -0.05) is 17.7 Å². The van der Waals surface area contributed by atoms with E-state index in [-0.39, 0.29) is 0 Å². The van der Waals surface area contributed by atoms with Gasteiger partial charge in [-0.2, -0.15) is 0 Å². The molecule has 0 aromatic carbocycles. The minimum atomic E-state index is 1.03. The van der Waals surface area contributed by atoms with Crippen LogP contribution in [0.25, 0.3) is 0 Å². The van der Waals surface area contributed by atoms with E-state index in [0.717, 1.165) is 13.1 Å². The van der Waals surface area contributed by atoms with Gasteiger partial charge in [-0.25, -0.2) is 0 Å². The minimum Gasteiger partial charge on any atom is -0.296 e. The predicted octanol–water partition coefficient (Wildman–Crippen LogP) is 1.82. The number of hydrogen-bond donors (Lipinski definition) is 0. The molecule has 0 unspecified atom stereocenters. The Labute approximate surface area is 63.0 Å². The van der Waals surface area contributed by atoms with Gasteiger partial charge in [0, 0.05) is 19.6 Å². The average Bonchev–Trinajstić information content (AvgIpc) is 1.95. The van der Waals surface area contributed by atoms with Crippen molar-refractivity contribution in [2.24, 2.45) is 0 Å². The molecule has 56 valence electrons. The van der Waals surface area contributed by atoms with Gasteiger partial charge in [0.25, 0.3) is 0 Å². The van der Waals surface area contributed by atoms with Crippen LogP contribution in [-0.2, 0) is 0 Å². The van der Waals surface area contributed by atoms with Gasteiger partial charge in [-0.15, -0.1) is 6.58 Å². The summed E-state index contributed by atoms with van der Waals surface area (Å²) in [5.74, 6) is 0. The second kappa shape index (κ2) is 3.57. The van der Waals surface area contributed by atoms with Crippen molar-refractivity contribution in [2.75, 3.05) is 19.6 Å². The summed E-state index contributed by atoms with van der Waals surface area (Å²) in [6, 6.07) is 0. The van der Waals surface area contributed by atoms with Crippen LogP contribution in [0.4, 0.5) is 0 Å². The van der Waals surface area contributed by atoms with E-state index in [1.807, 2.05) is 6.08 Å². The Morgan fingerprint density at radius 2 is 2.60 bits per heavy atom. The second-order valence-corrected chi connectivity index (χ2v) is 2.85. The molecule has 1 aliphatic rings. The zero-order valence-electron chi connectivity index (χ0n) is 6.64. The molecule has 1 heterocycles. The molecule has 0 N–H and O–H groups in total. The summed E-state index contributed by atoms with van der Waals surface area (Å²) in [6.45, 7) is 9.25. The maximum atomic E-state index is 3.71. The molecule has 1 heteroatoms. The summed E-state index contributed by atoms with van der Waals surface area (Å²) < 4.78 is 0. The standard InChI is InChI=1S/C9H15N/c1-3-6-10-7-4-9(2)5-8-10/h3-4H,1,5-8H2,2H3. The van der Waals surface area contributed by atoms with Gasteiger partial charge in [0.05, 0.1) is 0 Å². The van der Waals surface area contributed by atoms with E-state index in [0.29, 0.717) is 0 Å². The highest BCUT2D eigenvalue weighted by molar-refractivity contribution is 5.04. The summed E-state index contributed by atoms with van der Waals surface area (Å²) in [4.78, 5) is 2.39. The Hall–Kier alpha value is -0.560. The van der Waals surface area contributed by atoms with E-state index < -0.39 is 0 Å². The lowest BCUT2D eigenvalue weighted by molar-refractivity contribution is 0.325. The lowest BCUT2D eigenvalue weighted by atomic mass is 10.1. The van der Waals surface area contributed by atoms with Crippen molar-refractivity contribution >= 4 is 0 Å². The van der Waals surface area contributed by atoms with Crippen LogP contribution in [0.5, 0.6) is 0 Å². The van der Waals surface area contributed by atoms with Crippen LogP contribution in [0.3, 0.4) is 0 Å². The number of rotatable bonds is 2. The first-order chi connectivity index (χ1) is 4.83. The van der Waals surface area contributed by atoms with Crippen molar-refractivity contribution in [3.8, 4) is 0 Å². The largest absolute Gasteiger partial charge is 0.296 e. The van der Waals surface area contributed by atoms with E-state index in [9.17, 15) is 0 Å². The highest BCUT2D eigenvalue weighted by atomic mass is 15.1. The summed E-state index contributed by atoms with van der Waals surface area (Å²) in [6.07, 6.45) is 5.50. The lowest BCUT2D eigenvalue weighted by Crippen LogP contribution is -2.28. The molecular formula is C9H15N. The van der Waals surface area contributed by atoms with Crippen LogP contribution in [-0.4, -0.2) is 24.5 Å². The highest BCUT2D eigenvalue weighted by Crippen LogP contribution is 2.08. The minimum absolute atomic E-state index is 1.03. The zero-order chi connectivity index (χ0) is 7.40. The molecule has 0 radical (unpaired) electrons.